The first-order valence-electron chi connectivity index (χ1n) is 8.85. The van der Waals surface area contributed by atoms with Crippen LogP contribution in [0.1, 0.15) is 36.8 Å². The van der Waals surface area contributed by atoms with Gasteiger partial charge in [0.2, 0.25) is 11.8 Å². The average Bonchev–Trinajstić information content (AvgIpc) is 2.72. The van der Waals surface area contributed by atoms with E-state index in [9.17, 15) is 9.59 Å². The third-order valence-electron chi connectivity index (χ3n) is 4.93. The molecular formula is C19H26N2O3. The molecule has 0 spiro atoms. The van der Waals surface area contributed by atoms with Crippen molar-refractivity contribution in [3.63, 3.8) is 0 Å². The van der Waals surface area contributed by atoms with Gasteiger partial charge in [0, 0.05) is 26.1 Å². The number of hydrogen-bond acceptors (Lipinski definition) is 3. The van der Waals surface area contributed by atoms with E-state index in [2.05, 4.69) is 19.1 Å². The molecule has 0 radical (unpaired) electrons. The van der Waals surface area contributed by atoms with Gasteiger partial charge in [-0.25, -0.2) is 0 Å². The van der Waals surface area contributed by atoms with Gasteiger partial charge in [-0.2, -0.15) is 0 Å². The van der Waals surface area contributed by atoms with Crippen molar-refractivity contribution >= 4 is 11.8 Å². The summed E-state index contributed by atoms with van der Waals surface area (Å²) in [6.45, 7) is 4.87. The Morgan fingerprint density at radius 3 is 2.79 bits per heavy atom. The molecule has 0 N–H and O–H groups in total. The molecule has 1 aromatic carbocycles. The van der Waals surface area contributed by atoms with E-state index in [0.29, 0.717) is 32.7 Å². The van der Waals surface area contributed by atoms with E-state index in [1.807, 2.05) is 12.1 Å². The van der Waals surface area contributed by atoms with E-state index >= 15 is 0 Å². The second-order valence-electron chi connectivity index (χ2n) is 6.78. The third-order valence-corrected chi connectivity index (χ3v) is 4.93. The largest absolute Gasteiger partial charge is 0.370 e. The summed E-state index contributed by atoms with van der Waals surface area (Å²) in [5, 5.41) is 0. The van der Waals surface area contributed by atoms with Crippen LogP contribution in [0.25, 0.3) is 0 Å². The summed E-state index contributed by atoms with van der Waals surface area (Å²) in [6.07, 6.45) is 3.71. The zero-order chi connectivity index (χ0) is 16.9. The molecule has 24 heavy (non-hydrogen) atoms. The summed E-state index contributed by atoms with van der Waals surface area (Å²) in [5.74, 6) is 0.162. The number of rotatable bonds is 5. The highest BCUT2D eigenvalue weighted by atomic mass is 16.5. The number of amides is 2. The molecule has 0 aromatic heterocycles. The van der Waals surface area contributed by atoms with E-state index in [4.69, 9.17) is 4.74 Å². The van der Waals surface area contributed by atoms with Crippen molar-refractivity contribution in [2.75, 3.05) is 26.2 Å². The molecule has 0 atom stereocenters. The number of aryl methyl sites for hydroxylation is 1. The molecule has 2 amide bonds. The van der Waals surface area contributed by atoms with E-state index in [1.165, 1.54) is 11.1 Å². The smallest absolute Gasteiger partial charge is 0.242 e. The minimum atomic E-state index is 0.0426. The third kappa shape index (κ3) is 4.15. The summed E-state index contributed by atoms with van der Waals surface area (Å²) in [5.41, 5.74) is 2.42. The highest BCUT2D eigenvalue weighted by molar-refractivity contribution is 5.85. The van der Waals surface area contributed by atoms with Crippen molar-refractivity contribution in [3.8, 4) is 0 Å². The molecule has 2 fully saturated rings. The molecule has 2 heterocycles. The van der Waals surface area contributed by atoms with Crippen LogP contribution in [0.2, 0.25) is 0 Å². The number of ether oxygens (including phenoxy) is 1. The zero-order valence-electron chi connectivity index (χ0n) is 14.4. The Morgan fingerprint density at radius 1 is 1.21 bits per heavy atom. The zero-order valence-corrected chi connectivity index (χ0v) is 14.4. The van der Waals surface area contributed by atoms with E-state index in [0.717, 1.165) is 19.3 Å². The van der Waals surface area contributed by atoms with Gasteiger partial charge in [-0.15, -0.1) is 0 Å². The lowest BCUT2D eigenvalue weighted by Crippen LogP contribution is -2.57. The van der Waals surface area contributed by atoms with Crippen LogP contribution in [0.15, 0.2) is 24.3 Å². The lowest BCUT2D eigenvalue weighted by Gasteiger charge is -2.40. The Kier molecular flexibility index (Phi) is 5.51. The predicted molar refractivity (Wildman–Crippen MR) is 91.4 cm³/mol. The first kappa shape index (κ1) is 17.0. The average molecular weight is 330 g/mol. The highest BCUT2D eigenvalue weighted by Crippen LogP contribution is 2.17. The maximum Gasteiger partial charge on any atom is 0.242 e. The van der Waals surface area contributed by atoms with Gasteiger partial charge in [-0.05, 0) is 30.9 Å². The molecule has 2 saturated heterocycles. The van der Waals surface area contributed by atoms with Gasteiger partial charge in [0.15, 0.2) is 0 Å². The lowest BCUT2D eigenvalue weighted by atomic mass is 10.1. The lowest BCUT2D eigenvalue weighted by molar-refractivity contribution is -0.150. The van der Waals surface area contributed by atoms with Crippen LogP contribution in [-0.2, 0) is 20.9 Å². The molecular weight excluding hydrogens is 304 g/mol. The van der Waals surface area contributed by atoms with Crippen LogP contribution in [0.5, 0.6) is 0 Å². The fourth-order valence-electron chi connectivity index (χ4n) is 3.20. The summed E-state index contributed by atoms with van der Waals surface area (Å²) >= 11 is 0. The van der Waals surface area contributed by atoms with Crippen LogP contribution in [0.4, 0.5) is 0 Å². The van der Waals surface area contributed by atoms with Gasteiger partial charge < -0.3 is 14.5 Å². The molecule has 0 unspecified atom stereocenters. The number of nitrogens with zero attached hydrogens (tertiary/aromatic N) is 2. The quantitative estimate of drug-likeness (QED) is 0.831. The minimum Gasteiger partial charge on any atom is -0.370 e. The molecule has 5 nitrogen and oxygen atoms in total. The molecule has 2 aliphatic rings. The normalized spacial score (nSPS) is 19.1. The Morgan fingerprint density at radius 2 is 2.00 bits per heavy atom. The summed E-state index contributed by atoms with van der Waals surface area (Å²) in [6, 6.07) is 8.18. The SMILES string of the molecule is Cc1ccccc1COC1CN(C(=O)CN2CCCCCC2=O)C1. The first-order valence-corrected chi connectivity index (χ1v) is 8.85. The summed E-state index contributed by atoms with van der Waals surface area (Å²) in [4.78, 5) is 27.8. The van der Waals surface area contributed by atoms with Crippen molar-refractivity contribution in [3.05, 3.63) is 35.4 Å². The van der Waals surface area contributed by atoms with Crippen molar-refractivity contribution in [2.45, 2.75) is 45.3 Å². The molecule has 3 rings (SSSR count). The molecule has 0 aliphatic carbocycles. The predicted octanol–water partition coefficient (Wildman–Crippen LogP) is 2.13. The van der Waals surface area contributed by atoms with Crippen LogP contribution in [0, 0.1) is 6.92 Å². The van der Waals surface area contributed by atoms with Gasteiger partial charge in [0.1, 0.15) is 0 Å². The standard InChI is InChI=1S/C19H26N2O3/c1-15-7-4-5-8-16(15)14-24-17-11-21(12-17)19(23)13-20-10-6-2-3-9-18(20)22/h4-5,7-8,17H,2-3,6,9-14H2,1H3. The van der Waals surface area contributed by atoms with Gasteiger partial charge in [-0.1, -0.05) is 30.7 Å². The molecule has 130 valence electrons. The summed E-state index contributed by atoms with van der Waals surface area (Å²) in [7, 11) is 0. The van der Waals surface area contributed by atoms with Crippen molar-refractivity contribution in [1.82, 2.24) is 9.80 Å². The highest BCUT2D eigenvalue weighted by Gasteiger charge is 2.32. The van der Waals surface area contributed by atoms with E-state index in [1.54, 1.807) is 9.80 Å². The minimum absolute atomic E-state index is 0.0426. The van der Waals surface area contributed by atoms with Gasteiger partial charge in [-0.3, -0.25) is 9.59 Å². The van der Waals surface area contributed by atoms with Crippen LogP contribution < -0.4 is 0 Å². The Labute approximate surface area is 143 Å². The Hall–Kier alpha value is -1.88. The molecule has 0 bridgehead atoms. The Bertz CT molecular complexity index is 596. The number of hydrogen-bond donors (Lipinski definition) is 0. The number of likely N-dealkylation sites (tertiary alicyclic amines) is 2. The topological polar surface area (TPSA) is 49.9 Å². The van der Waals surface area contributed by atoms with Gasteiger partial charge >= 0.3 is 0 Å². The summed E-state index contributed by atoms with van der Waals surface area (Å²) < 4.78 is 5.88. The molecule has 5 heteroatoms. The van der Waals surface area contributed by atoms with Crippen LogP contribution >= 0.6 is 0 Å². The van der Waals surface area contributed by atoms with Crippen molar-refractivity contribution in [2.24, 2.45) is 0 Å². The van der Waals surface area contributed by atoms with Gasteiger partial charge in [0.05, 0.1) is 19.3 Å². The van der Waals surface area contributed by atoms with Crippen LogP contribution in [0.3, 0.4) is 0 Å². The second-order valence-corrected chi connectivity index (χ2v) is 6.78. The number of benzene rings is 1. The van der Waals surface area contributed by atoms with Crippen LogP contribution in [-0.4, -0.2) is 53.9 Å². The van der Waals surface area contributed by atoms with Gasteiger partial charge in [0.25, 0.3) is 0 Å². The first-order chi connectivity index (χ1) is 11.6. The number of carbonyl (C=O) groups is 2. The monoisotopic (exact) mass is 330 g/mol. The van der Waals surface area contributed by atoms with Crippen molar-refractivity contribution < 1.29 is 14.3 Å². The Balaban J connectivity index is 1.40. The molecule has 1 aromatic rings. The fraction of sp³-hybridized carbons (Fsp3) is 0.579. The second kappa shape index (κ2) is 7.79. The molecule has 0 saturated carbocycles. The van der Waals surface area contributed by atoms with Crippen molar-refractivity contribution in [1.29, 1.82) is 0 Å². The fourth-order valence-corrected chi connectivity index (χ4v) is 3.20. The number of carbonyl (C=O) groups excluding carboxylic acids is 2. The maximum atomic E-state index is 12.3. The van der Waals surface area contributed by atoms with E-state index < -0.39 is 0 Å². The molecule has 2 aliphatic heterocycles. The maximum absolute atomic E-state index is 12.3. The van der Waals surface area contributed by atoms with E-state index in [-0.39, 0.29) is 24.5 Å².